The van der Waals surface area contributed by atoms with Crippen molar-refractivity contribution in [2.45, 2.75) is 13.8 Å². The number of hydrogen-bond acceptors (Lipinski definition) is 5. The van der Waals surface area contributed by atoms with Crippen molar-refractivity contribution in [1.82, 2.24) is 14.5 Å². The van der Waals surface area contributed by atoms with Crippen LogP contribution in [0.25, 0.3) is 0 Å². The van der Waals surface area contributed by atoms with Gasteiger partial charge in [-0.05, 0) is 25.5 Å². The van der Waals surface area contributed by atoms with Crippen LogP contribution in [0.5, 0.6) is 5.88 Å². The molecule has 0 atom stereocenters. The number of amides is 1. The second-order valence-corrected chi connectivity index (χ2v) is 4.67. The summed E-state index contributed by atoms with van der Waals surface area (Å²) in [4.78, 5) is 41.4. The Hall–Kier alpha value is -2.90. The van der Waals surface area contributed by atoms with E-state index in [2.05, 4.69) is 15.3 Å². The SMILES string of the molecule is CCOc1ncc(C)cc1NC(=O)c1cn(C)c(=O)[nH]c1=O. The van der Waals surface area contributed by atoms with Gasteiger partial charge in [-0.1, -0.05) is 0 Å². The van der Waals surface area contributed by atoms with Crippen LogP contribution in [0.3, 0.4) is 0 Å². The van der Waals surface area contributed by atoms with E-state index in [9.17, 15) is 14.4 Å². The molecule has 2 N–H and O–H groups in total. The van der Waals surface area contributed by atoms with E-state index in [-0.39, 0.29) is 11.4 Å². The molecule has 0 unspecified atom stereocenters. The summed E-state index contributed by atoms with van der Waals surface area (Å²) < 4.78 is 6.45. The van der Waals surface area contributed by atoms with Crippen molar-refractivity contribution in [3.05, 3.63) is 50.4 Å². The minimum absolute atomic E-state index is 0.175. The van der Waals surface area contributed by atoms with Crippen LogP contribution in [-0.4, -0.2) is 27.0 Å². The summed E-state index contributed by atoms with van der Waals surface area (Å²) in [6, 6.07) is 1.69. The maximum Gasteiger partial charge on any atom is 0.328 e. The number of pyridine rings is 1. The third-order valence-electron chi connectivity index (χ3n) is 2.87. The molecule has 0 bridgehead atoms. The fraction of sp³-hybridized carbons (Fsp3) is 0.286. The Bertz CT molecular complexity index is 822. The topological polar surface area (TPSA) is 106 Å². The van der Waals surface area contributed by atoms with E-state index in [1.807, 2.05) is 6.92 Å². The van der Waals surface area contributed by atoms with Crippen molar-refractivity contribution in [2.24, 2.45) is 7.05 Å². The van der Waals surface area contributed by atoms with Crippen LogP contribution in [-0.2, 0) is 7.05 Å². The van der Waals surface area contributed by atoms with Crippen molar-refractivity contribution >= 4 is 11.6 Å². The first-order valence-corrected chi connectivity index (χ1v) is 6.63. The van der Waals surface area contributed by atoms with Crippen molar-refractivity contribution in [1.29, 1.82) is 0 Å². The van der Waals surface area contributed by atoms with Crippen LogP contribution < -0.4 is 21.3 Å². The average Bonchev–Trinajstić information content (AvgIpc) is 2.45. The molecule has 0 aliphatic heterocycles. The first-order valence-electron chi connectivity index (χ1n) is 6.63. The largest absolute Gasteiger partial charge is 0.476 e. The van der Waals surface area contributed by atoms with Crippen LogP contribution in [0.1, 0.15) is 22.8 Å². The van der Waals surface area contributed by atoms with E-state index in [1.165, 1.54) is 13.2 Å². The third-order valence-corrected chi connectivity index (χ3v) is 2.87. The standard InChI is InChI=1S/C14H16N4O4/c1-4-22-13-10(5-8(2)6-15-13)16-11(19)9-7-18(3)14(21)17-12(9)20/h5-7H,4H2,1-3H3,(H,16,19)(H,17,20,21). The fourth-order valence-corrected chi connectivity index (χ4v) is 1.81. The normalized spacial score (nSPS) is 10.3. The van der Waals surface area contributed by atoms with Crippen molar-refractivity contribution in [3.63, 3.8) is 0 Å². The maximum atomic E-state index is 12.2. The number of aromatic amines is 1. The quantitative estimate of drug-likeness (QED) is 0.852. The van der Waals surface area contributed by atoms with Crippen molar-refractivity contribution < 1.29 is 9.53 Å². The van der Waals surface area contributed by atoms with E-state index in [0.29, 0.717) is 12.3 Å². The number of aromatic nitrogens is 3. The second-order valence-electron chi connectivity index (χ2n) is 4.67. The van der Waals surface area contributed by atoms with Gasteiger partial charge in [0, 0.05) is 19.4 Å². The number of ether oxygens (including phenoxy) is 1. The van der Waals surface area contributed by atoms with Gasteiger partial charge < -0.3 is 14.6 Å². The van der Waals surface area contributed by atoms with Crippen LogP contribution >= 0.6 is 0 Å². The number of rotatable bonds is 4. The Balaban J connectivity index is 2.37. The minimum atomic E-state index is -0.751. The van der Waals surface area contributed by atoms with Crippen LogP contribution in [0.4, 0.5) is 5.69 Å². The molecule has 0 spiro atoms. The van der Waals surface area contributed by atoms with Crippen molar-refractivity contribution in [3.8, 4) is 5.88 Å². The molecule has 0 saturated heterocycles. The van der Waals surface area contributed by atoms with Gasteiger partial charge in [0.1, 0.15) is 11.3 Å². The summed E-state index contributed by atoms with van der Waals surface area (Å²) in [5.74, 6) is -0.382. The molecule has 2 aromatic heterocycles. The number of aryl methyl sites for hydroxylation is 2. The number of H-pyrrole nitrogens is 1. The molecule has 2 rings (SSSR count). The van der Waals surface area contributed by atoms with Gasteiger partial charge in [0.2, 0.25) is 5.88 Å². The highest BCUT2D eigenvalue weighted by atomic mass is 16.5. The molecule has 0 aliphatic rings. The molecule has 8 nitrogen and oxygen atoms in total. The van der Waals surface area contributed by atoms with E-state index >= 15 is 0 Å². The molecule has 2 aromatic rings. The lowest BCUT2D eigenvalue weighted by Gasteiger charge is -2.11. The van der Waals surface area contributed by atoms with E-state index < -0.39 is 17.2 Å². The van der Waals surface area contributed by atoms with Gasteiger partial charge in [0.15, 0.2) is 0 Å². The molecular weight excluding hydrogens is 288 g/mol. The Morgan fingerprint density at radius 3 is 2.86 bits per heavy atom. The maximum absolute atomic E-state index is 12.2. The molecule has 0 saturated carbocycles. The van der Waals surface area contributed by atoms with E-state index in [1.54, 1.807) is 19.2 Å². The third kappa shape index (κ3) is 3.22. The van der Waals surface area contributed by atoms with E-state index in [0.717, 1.165) is 10.1 Å². The molecule has 0 aromatic carbocycles. The first kappa shape index (κ1) is 15.5. The highest BCUT2D eigenvalue weighted by Crippen LogP contribution is 2.22. The van der Waals surface area contributed by atoms with Gasteiger partial charge in [0.05, 0.1) is 6.61 Å². The van der Waals surface area contributed by atoms with Gasteiger partial charge >= 0.3 is 5.69 Å². The molecule has 22 heavy (non-hydrogen) atoms. The van der Waals surface area contributed by atoms with Gasteiger partial charge in [-0.15, -0.1) is 0 Å². The lowest BCUT2D eigenvalue weighted by molar-refractivity contribution is 0.102. The number of anilines is 1. The van der Waals surface area contributed by atoms with Gasteiger partial charge in [-0.3, -0.25) is 14.6 Å². The Morgan fingerprint density at radius 1 is 1.45 bits per heavy atom. The summed E-state index contributed by atoms with van der Waals surface area (Å²) in [6.45, 7) is 4.00. The number of nitrogens with one attached hydrogen (secondary N) is 2. The summed E-state index contributed by atoms with van der Waals surface area (Å²) in [5, 5.41) is 2.58. The molecule has 0 radical (unpaired) electrons. The van der Waals surface area contributed by atoms with Gasteiger partial charge in [0.25, 0.3) is 11.5 Å². The lowest BCUT2D eigenvalue weighted by Crippen LogP contribution is -2.33. The highest BCUT2D eigenvalue weighted by Gasteiger charge is 2.15. The molecule has 8 heteroatoms. The summed E-state index contributed by atoms with van der Waals surface area (Å²) in [6.07, 6.45) is 2.79. The molecular formula is C14H16N4O4. The minimum Gasteiger partial charge on any atom is -0.476 e. The zero-order valence-electron chi connectivity index (χ0n) is 12.5. The van der Waals surface area contributed by atoms with Crippen LogP contribution in [0, 0.1) is 6.92 Å². The number of hydrogen-bond donors (Lipinski definition) is 2. The van der Waals surface area contributed by atoms with Crippen LogP contribution in [0.2, 0.25) is 0 Å². The molecule has 1 amide bonds. The predicted molar refractivity (Wildman–Crippen MR) is 80.4 cm³/mol. The van der Waals surface area contributed by atoms with Gasteiger partial charge in [-0.2, -0.15) is 0 Å². The molecule has 2 heterocycles. The number of carbonyl (C=O) groups excluding carboxylic acids is 1. The molecule has 0 fully saturated rings. The Morgan fingerprint density at radius 2 is 2.18 bits per heavy atom. The van der Waals surface area contributed by atoms with E-state index in [4.69, 9.17) is 4.74 Å². The molecule has 0 aliphatic carbocycles. The summed E-state index contributed by atoms with van der Waals surface area (Å²) in [5.41, 5.74) is -0.327. The summed E-state index contributed by atoms with van der Waals surface area (Å²) >= 11 is 0. The fourth-order valence-electron chi connectivity index (χ4n) is 1.81. The predicted octanol–water partition coefficient (Wildman–Crippen LogP) is 0.428. The Kier molecular flexibility index (Phi) is 4.40. The monoisotopic (exact) mass is 304 g/mol. The zero-order valence-corrected chi connectivity index (χ0v) is 12.5. The smallest absolute Gasteiger partial charge is 0.328 e. The lowest BCUT2D eigenvalue weighted by atomic mass is 10.2. The number of nitrogens with zero attached hydrogens (tertiary/aromatic N) is 2. The average molecular weight is 304 g/mol. The van der Waals surface area contributed by atoms with Gasteiger partial charge in [-0.25, -0.2) is 9.78 Å². The Labute approximate surface area is 125 Å². The van der Waals surface area contributed by atoms with Crippen LogP contribution in [0.15, 0.2) is 28.0 Å². The molecule has 116 valence electrons. The van der Waals surface area contributed by atoms with Crippen molar-refractivity contribution in [2.75, 3.05) is 11.9 Å². The number of carbonyl (C=O) groups is 1. The second kappa shape index (κ2) is 6.25. The summed E-state index contributed by atoms with van der Waals surface area (Å²) in [7, 11) is 1.44. The highest BCUT2D eigenvalue weighted by molar-refractivity contribution is 6.04. The zero-order chi connectivity index (χ0) is 16.3. The first-order chi connectivity index (χ1) is 10.4.